The zero-order valence-electron chi connectivity index (χ0n) is 12.6. The molecule has 0 saturated heterocycles. The van der Waals surface area contributed by atoms with E-state index in [2.05, 4.69) is 48.8 Å². The van der Waals surface area contributed by atoms with E-state index in [1.807, 2.05) is 19.9 Å². The van der Waals surface area contributed by atoms with Crippen molar-refractivity contribution in [1.82, 2.24) is 0 Å². The summed E-state index contributed by atoms with van der Waals surface area (Å²) in [5, 5.41) is 5.77. The van der Waals surface area contributed by atoms with Crippen LogP contribution in [0.15, 0.2) is 35.7 Å². The van der Waals surface area contributed by atoms with Crippen LogP contribution in [0.1, 0.15) is 43.7 Å². The van der Waals surface area contributed by atoms with Gasteiger partial charge in [0.1, 0.15) is 5.75 Å². The average molecular weight is 289 g/mol. The Morgan fingerprint density at radius 2 is 2.05 bits per heavy atom. The molecular formula is C17H23NOS. The third kappa shape index (κ3) is 3.76. The van der Waals surface area contributed by atoms with Crippen LogP contribution in [0.3, 0.4) is 0 Å². The van der Waals surface area contributed by atoms with E-state index in [-0.39, 0.29) is 6.10 Å². The highest BCUT2D eigenvalue weighted by atomic mass is 32.1. The maximum Gasteiger partial charge on any atom is 0.120 e. The molecule has 2 nitrogen and oxygen atoms in total. The van der Waals surface area contributed by atoms with Gasteiger partial charge in [0, 0.05) is 10.6 Å². The molecule has 1 N–H and O–H groups in total. The number of aryl methyl sites for hydroxylation is 1. The van der Waals surface area contributed by atoms with Gasteiger partial charge in [0.25, 0.3) is 0 Å². The van der Waals surface area contributed by atoms with Gasteiger partial charge < -0.3 is 10.1 Å². The number of hydrogen-bond donors (Lipinski definition) is 1. The molecule has 1 aromatic carbocycles. The van der Waals surface area contributed by atoms with E-state index >= 15 is 0 Å². The largest absolute Gasteiger partial charge is 0.491 e. The average Bonchev–Trinajstić information content (AvgIpc) is 2.91. The Hall–Kier alpha value is -1.48. The minimum Gasteiger partial charge on any atom is -0.491 e. The second-order valence-corrected chi connectivity index (χ2v) is 6.24. The fraction of sp³-hybridized carbons (Fsp3) is 0.412. The molecule has 2 rings (SSSR count). The Balaban J connectivity index is 2.13. The fourth-order valence-corrected chi connectivity index (χ4v) is 3.06. The van der Waals surface area contributed by atoms with Gasteiger partial charge in [0.15, 0.2) is 0 Å². The summed E-state index contributed by atoms with van der Waals surface area (Å²) in [6.07, 6.45) is 1.28. The van der Waals surface area contributed by atoms with E-state index in [9.17, 15) is 0 Å². The predicted octanol–water partition coefficient (Wildman–Crippen LogP) is 5.41. The van der Waals surface area contributed by atoms with Crippen molar-refractivity contribution in [2.24, 2.45) is 0 Å². The number of thiophene rings is 1. The molecule has 0 radical (unpaired) electrons. The zero-order valence-corrected chi connectivity index (χ0v) is 13.5. The van der Waals surface area contributed by atoms with Crippen LogP contribution in [0.25, 0.3) is 0 Å². The van der Waals surface area contributed by atoms with E-state index in [1.54, 1.807) is 11.3 Å². The Morgan fingerprint density at radius 3 is 2.60 bits per heavy atom. The van der Waals surface area contributed by atoms with Crippen LogP contribution in [-0.4, -0.2) is 6.10 Å². The molecule has 3 heteroatoms. The van der Waals surface area contributed by atoms with Crippen LogP contribution in [0, 0.1) is 6.92 Å². The summed E-state index contributed by atoms with van der Waals surface area (Å²) in [6, 6.07) is 10.9. The standard InChI is InChI=1S/C17H23NOS/c1-5-15(17-7-6-10-20-17)18-16-9-8-14(11-13(16)4)19-12(2)3/h6-12,15,18H,5H2,1-4H3. The van der Waals surface area contributed by atoms with Crippen LogP contribution in [0.2, 0.25) is 0 Å². The lowest BCUT2D eigenvalue weighted by Crippen LogP contribution is -2.10. The summed E-state index contributed by atoms with van der Waals surface area (Å²) >= 11 is 1.81. The number of nitrogens with one attached hydrogen (secondary N) is 1. The minimum atomic E-state index is 0.211. The number of hydrogen-bond acceptors (Lipinski definition) is 3. The van der Waals surface area contributed by atoms with Crippen LogP contribution in [0.5, 0.6) is 5.75 Å². The van der Waals surface area contributed by atoms with Crippen LogP contribution >= 0.6 is 11.3 Å². The van der Waals surface area contributed by atoms with E-state index < -0.39 is 0 Å². The lowest BCUT2D eigenvalue weighted by atomic mass is 10.1. The van der Waals surface area contributed by atoms with Gasteiger partial charge in [0.2, 0.25) is 0 Å². The molecule has 0 bridgehead atoms. The number of ether oxygens (including phenoxy) is 1. The van der Waals surface area contributed by atoms with E-state index in [4.69, 9.17) is 4.74 Å². The maximum absolute atomic E-state index is 5.73. The van der Waals surface area contributed by atoms with E-state index in [1.165, 1.54) is 16.1 Å². The van der Waals surface area contributed by atoms with Crippen molar-refractivity contribution < 1.29 is 4.74 Å². The molecule has 1 aromatic heterocycles. The Morgan fingerprint density at radius 1 is 1.25 bits per heavy atom. The van der Waals surface area contributed by atoms with Gasteiger partial charge in [-0.15, -0.1) is 11.3 Å². The third-order valence-electron chi connectivity index (χ3n) is 3.19. The van der Waals surface area contributed by atoms with Crippen molar-refractivity contribution in [2.45, 2.75) is 46.3 Å². The van der Waals surface area contributed by atoms with Crippen LogP contribution < -0.4 is 10.1 Å². The molecule has 0 amide bonds. The van der Waals surface area contributed by atoms with Gasteiger partial charge in [-0.05, 0) is 62.4 Å². The fourth-order valence-electron chi connectivity index (χ4n) is 2.20. The first-order valence-electron chi connectivity index (χ1n) is 7.17. The van der Waals surface area contributed by atoms with Gasteiger partial charge in [0.05, 0.1) is 12.1 Å². The SMILES string of the molecule is CCC(Nc1ccc(OC(C)C)cc1C)c1cccs1. The highest BCUT2D eigenvalue weighted by Crippen LogP contribution is 2.29. The molecule has 108 valence electrons. The summed E-state index contributed by atoms with van der Waals surface area (Å²) in [7, 11) is 0. The van der Waals surface area contributed by atoms with Gasteiger partial charge in [-0.25, -0.2) is 0 Å². The Bertz CT molecular complexity index is 534. The topological polar surface area (TPSA) is 21.3 Å². The second kappa shape index (κ2) is 6.80. The van der Waals surface area contributed by atoms with Crippen molar-refractivity contribution in [2.75, 3.05) is 5.32 Å². The highest BCUT2D eigenvalue weighted by Gasteiger charge is 2.11. The first-order valence-corrected chi connectivity index (χ1v) is 8.05. The van der Waals surface area contributed by atoms with Gasteiger partial charge >= 0.3 is 0 Å². The number of rotatable bonds is 6. The molecule has 20 heavy (non-hydrogen) atoms. The van der Waals surface area contributed by atoms with E-state index in [0.29, 0.717) is 6.04 Å². The zero-order chi connectivity index (χ0) is 14.5. The monoisotopic (exact) mass is 289 g/mol. The van der Waals surface area contributed by atoms with Crippen molar-refractivity contribution >= 4 is 17.0 Å². The summed E-state index contributed by atoms with van der Waals surface area (Å²) in [4.78, 5) is 1.38. The highest BCUT2D eigenvalue weighted by molar-refractivity contribution is 7.10. The lowest BCUT2D eigenvalue weighted by Gasteiger charge is -2.19. The quantitative estimate of drug-likeness (QED) is 0.768. The van der Waals surface area contributed by atoms with Crippen LogP contribution in [-0.2, 0) is 0 Å². The predicted molar refractivity (Wildman–Crippen MR) is 87.9 cm³/mol. The molecule has 2 aromatic rings. The van der Waals surface area contributed by atoms with Gasteiger partial charge in [-0.1, -0.05) is 13.0 Å². The third-order valence-corrected chi connectivity index (χ3v) is 4.18. The van der Waals surface area contributed by atoms with Crippen molar-refractivity contribution in [3.05, 3.63) is 46.2 Å². The molecule has 0 spiro atoms. The van der Waals surface area contributed by atoms with Crippen molar-refractivity contribution in [1.29, 1.82) is 0 Å². The van der Waals surface area contributed by atoms with Crippen molar-refractivity contribution in [3.63, 3.8) is 0 Å². The lowest BCUT2D eigenvalue weighted by molar-refractivity contribution is 0.242. The Kier molecular flexibility index (Phi) is 5.07. The second-order valence-electron chi connectivity index (χ2n) is 5.26. The van der Waals surface area contributed by atoms with Crippen LogP contribution in [0.4, 0.5) is 5.69 Å². The molecule has 0 saturated carbocycles. The van der Waals surface area contributed by atoms with E-state index in [0.717, 1.165) is 12.2 Å². The summed E-state index contributed by atoms with van der Waals surface area (Å²) in [5.41, 5.74) is 2.40. The molecule has 1 atom stereocenters. The first kappa shape index (κ1) is 14.9. The molecule has 0 aliphatic heterocycles. The Labute approximate surface area is 125 Å². The molecule has 1 unspecified atom stereocenters. The molecule has 0 fully saturated rings. The summed E-state index contributed by atoms with van der Waals surface area (Å²) < 4.78 is 5.73. The summed E-state index contributed by atoms with van der Waals surface area (Å²) in [5.74, 6) is 0.937. The number of benzene rings is 1. The molecule has 0 aliphatic rings. The summed E-state index contributed by atoms with van der Waals surface area (Å²) in [6.45, 7) is 8.43. The smallest absolute Gasteiger partial charge is 0.120 e. The van der Waals surface area contributed by atoms with Crippen molar-refractivity contribution in [3.8, 4) is 5.75 Å². The number of anilines is 1. The van der Waals surface area contributed by atoms with Gasteiger partial charge in [-0.2, -0.15) is 0 Å². The molecule has 1 heterocycles. The minimum absolute atomic E-state index is 0.211. The first-order chi connectivity index (χ1) is 9.60. The van der Waals surface area contributed by atoms with Gasteiger partial charge in [-0.3, -0.25) is 0 Å². The normalized spacial score (nSPS) is 12.4. The maximum atomic E-state index is 5.73. The molecule has 0 aliphatic carbocycles. The molecular weight excluding hydrogens is 266 g/mol.